The summed E-state index contributed by atoms with van der Waals surface area (Å²) >= 11 is 1.36. The van der Waals surface area contributed by atoms with E-state index < -0.39 is 0 Å². The van der Waals surface area contributed by atoms with Gasteiger partial charge < -0.3 is 9.47 Å². The molecule has 120 valence electrons. The van der Waals surface area contributed by atoms with Gasteiger partial charge in [0.1, 0.15) is 18.9 Å². The SMILES string of the molecule is O=C(Nc1nc(-c2ccc3c(c2)OCCO3)cs1)c1ccccn1. The number of pyridine rings is 1. The van der Waals surface area contributed by atoms with Crippen LogP contribution in [0.25, 0.3) is 11.3 Å². The zero-order valence-corrected chi connectivity index (χ0v) is 13.4. The molecule has 0 saturated carbocycles. The van der Waals surface area contributed by atoms with Crippen molar-refractivity contribution in [1.29, 1.82) is 0 Å². The van der Waals surface area contributed by atoms with E-state index in [1.807, 2.05) is 23.6 Å². The number of fused-ring (bicyclic) bond motifs is 1. The Hall–Kier alpha value is -2.93. The van der Waals surface area contributed by atoms with Crippen molar-refractivity contribution in [2.75, 3.05) is 18.5 Å². The van der Waals surface area contributed by atoms with E-state index in [4.69, 9.17) is 9.47 Å². The molecular formula is C17H13N3O3S. The van der Waals surface area contributed by atoms with Crippen molar-refractivity contribution >= 4 is 22.4 Å². The van der Waals surface area contributed by atoms with Gasteiger partial charge in [0.25, 0.3) is 5.91 Å². The summed E-state index contributed by atoms with van der Waals surface area (Å²) in [4.78, 5) is 20.6. The fourth-order valence-electron chi connectivity index (χ4n) is 2.32. The summed E-state index contributed by atoms with van der Waals surface area (Å²) in [6.45, 7) is 1.10. The lowest BCUT2D eigenvalue weighted by atomic mass is 10.1. The average Bonchev–Trinajstić information content (AvgIpc) is 3.10. The molecule has 0 unspecified atom stereocenters. The summed E-state index contributed by atoms with van der Waals surface area (Å²) < 4.78 is 11.1. The molecule has 3 aromatic rings. The molecule has 4 rings (SSSR count). The van der Waals surface area contributed by atoms with Crippen LogP contribution in [0.2, 0.25) is 0 Å². The minimum atomic E-state index is -0.279. The van der Waals surface area contributed by atoms with Gasteiger partial charge in [-0.25, -0.2) is 4.98 Å². The first-order valence-electron chi connectivity index (χ1n) is 7.37. The highest BCUT2D eigenvalue weighted by atomic mass is 32.1. The highest BCUT2D eigenvalue weighted by Gasteiger charge is 2.15. The minimum Gasteiger partial charge on any atom is -0.486 e. The van der Waals surface area contributed by atoms with Gasteiger partial charge in [-0.2, -0.15) is 0 Å². The molecule has 1 aromatic carbocycles. The normalized spacial score (nSPS) is 12.7. The molecule has 0 fully saturated rings. The Balaban J connectivity index is 1.53. The monoisotopic (exact) mass is 339 g/mol. The van der Waals surface area contributed by atoms with Gasteiger partial charge >= 0.3 is 0 Å². The lowest BCUT2D eigenvalue weighted by Gasteiger charge is -2.18. The number of benzene rings is 1. The third-order valence-electron chi connectivity index (χ3n) is 3.46. The molecule has 1 aliphatic heterocycles. The topological polar surface area (TPSA) is 73.3 Å². The van der Waals surface area contributed by atoms with Crippen molar-refractivity contribution in [3.05, 3.63) is 53.7 Å². The lowest BCUT2D eigenvalue weighted by Crippen LogP contribution is -2.15. The van der Waals surface area contributed by atoms with Crippen molar-refractivity contribution in [3.8, 4) is 22.8 Å². The fourth-order valence-corrected chi connectivity index (χ4v) is 3.04. The van der Waals surface area contributed by atoms with E-state index in [0.717, 1.165) is 17.0 Å². The van der Waals surface area contributed by atoms with Crippen LogP contribution >= 0.6 is 11.3 Å². The smallest absolute Gasteiger partial charge is 0.276 e. The van der Waals surface area contributed by atoms with Crippen LogP contribution in [0.5, 0.6) is 11.5 Å². The molecule has 6 nitrogen and oxygen atoms in total. The summed E-state index contributed by atoms with van der Waals surface area (Å²) in [5.41, 5.74) is 2.04. The molecule has 1 amide bonds. The Morgan fingerprint density at radius 3 is 2.83 bits per heavy atom. The maximum atomic E-state index is 12.1. The van der Waals surface area contributed by atoms with Crippen molar-refractivity contribution in [1.82, 2.24) is 9.97 Å². The number of rotatable bonds is 3. The van der Waals surface area contributed by atoms with Crippen molar-refractivity contribution in [2.24, 2.45) is 0 Å². The summed E-state index contributed by atoms with van der Waals surface area (Å²) in [6, 6.07) is 10.9. The molecule has 2 aromatic heterocycles. The molecule has 0 radical (unpaired) electrons. The van der Waals surface area contributed by atoms with Crippen LogP contribution in [-0.4, -0.2) is 29.1 Å². The molecule has 7 heteroatoms. The maximum Gasteiger partial charge on any atom is 0.276 e. The summed E-state index contributed by atoms with van der Waals surface area (Å²) in [7, 11) is 0. The highest BCUT2D eigenvalue weighted by molar-refractivity contribution is 7.14. The van der Waals surface area contributed by atoms with Crippen LogP contribution in [0.15, 0.2) is 48.0 Å². The van der Waals surface area contributed by atoms with E-state index in [9.17, 15) is 4.79 Å². The van der Waals surface area contributed by atoms with E-state index in [1.54, 1.807) is 24.4 Å². The zero-order chi connectivity index (χ0) is 16.4. The molecule has 1 aliphatic rings. The van der Waals surface area contributed by atoms with Crippen molar-refractivity contribution < 1.29 is 14.3 Å². The average molecular weight is 339 g/mol. The molecule has 1 N–H and O–H groups in total. The molecule has 0 spiro atoms. The number of nitrogens with zero attached hydrogens (tertiary/aromatic N) is 2. The number of amides is 1. The van der Waals surface area contributed by atoms with Crippen molar-refractivity contribution in [2.45, 2.75) is 0 Å². The van der Waals surface area contributed by atoms with Crippen LogP contribution in [-0.2, 0) is 0 Å². The zero-order valence-electron chi connectivity index (χ0n) is 12.6. The molecular weight excluding hydrogens is 326 g/mol. The first-order chi connectivity index (χ1) is 11.8. The Kier molecular flexibility index (Phi) is 3.84. The van der Waals surface area contributed by atoms with Gasteiger partial charge in [-0.05, 0) is 30.3 Å². The number of nitrogens with one attached hydrogen (secondary N) is 1. The van der Waals surface area contributed by atoms with Crippen LogP contribution in [0.1, 0.15) is 10.5 Å². The number of ether oxygens (including phenoxy) is 2. The van der Waals surface area contributed by atoms with Crippen LogP contribution in [0.4, 0.5) is 5.13 Å². The van der Waals surface area contributed by atoms with Gasteiger partial charge in [-0.3, -0.25) is 15.1 Å². The quantitative estimate of drug-likeness (QED) is 0.793. The van der Waals surface area contributed by atoms with Crippen LogP contribution in [0.3, 0.4) is 0 Å². The van der Waals surface area contributed by atoms with E-state index >= 15 is 0 Å². The number of thiazole rings is 1. The first kappa shape index (κ1) is 14.6. The number of carbonyl (C=O) groups excluding carboxylic acids is 1. The largest absolute Gasteiger partial charge is 0.486 e. The van der Waals surface area contributed by atoms with Gasteiger partial charge in [0.2, 0.25) is 0 Å². The highest BCUT2D eigenvalue weighted by Crippen LogP contribution is 2.35. The van der Waals surface area contributed by atoms with E-state index in [0.29, 0.717) is 29.8 Å². The minimum absolute atomic E-state index is 0.279. The van der Waals surface area contributed by atoms with E-state index in [2.05, 4.69) is 15.3 Å². The number of aromatic nitrogens is 2. The molecule has 24 heavy (non-hydrogen) atoms. The molecule has 0 atom stereocenters. The third kappa shape index (κ3) is 2.93. The third-order valence-corrected chi connectivity index (χ3v) is 4.22. The molecule has 0 aliphatic carbocycles. The second-order valence-corrected chi connectivity index (χ2v) is 5.92. The fraction of sp³-hybridized carbons (Fsp3) is 0.118. The Morgan fingerprint density at radius 2 is 2.00 bits per heavy atom. The predicted octanol–water partition coefficient (Wildman–Crippen LogP) is 3.23. The molecule has 0 bridgehead atoms. The Labute approximate surface area is 142 Å². The van der Waals surface area contributed by atoms with Crippen LogP contribution < -0.4 is 14.8 Å². The molecule has 0 saturated heterocycles. The summed E-state index contributed by atoms with van der Waals surface area (Å²) in [5, 5.41) is 5.17. The summed E-state index contributed by atoms with van der Waals surface area (Å²) in [6.07, 6.45) is 1.58. The lowest BCUT2D eigenvalue weighted by molar-refractivity contribution is 0.102. The Bertz CT molecular complexity index is 880. The maximum absolute atomic E-state index is 12.1. The van der Waals surface area contributed by atoms with Crippen molar-refractivity contribution in [3.63, 3.8) is 0 Å². The van der Waals surface area contributed by atoms with Gasteiger partial charge in [0, 0.05) is 17.1 Å². The second-order valence-electron chi connectivity index (χ2n) is 5.07. The first-order valence-corrected chi connectivity index (χ1v) is 8.25. The predicted molar refractivity (Wildman–Crippen MR) is 90.7 cm³/mol. The molecule has 3 heterocycles. The summed E-state index contributed by atoms with van der Waals surface area (Å²) in [5.74, 6) is 1.17. The Morgan fingerprint density at radius 1 is 1.12 bits per heavy atom. The number of anilines is 1. The standard InChI is InChI=1S/C17H13N3O3S/c21-16(12-3-1-2-6-18-12)20-17-19-13(10-24-17)11-4-5-14-15(9-11)23-8-7-22-14/h1-6,9-10H,7-8H2,(H,19,20,21). The number of carbonyl (C=O) groups is 1. The van der Waals surface area contributed by atoms with Gasteiger partial charge in [-0.1, -0.05) is 6.07 Å². The van der Waals surface area contributed by atoms with Gasteiger partial charge in [0.05, 0.1) is 5.69 Å². The second kappa shape index (κ2) is 6.29. The van der Waals surface area contributed by atoms with E-state index in [1.165, 1.54) is 11.3 Å². The number of hydrogen-bond acceptors (Lipinski definition) is 6. The van der Waals surface area contributed by atoms with Crippen LogP contribution in [0, 0.1) is 0 Å². The number of hydrogen-bond donors (Lipinski definition) is 1. The van der Waals surface area contributed by atoms with Gasteiger partial charge in [-0.15, -0.1) is 11.3 Å². The van der Waals surface area contributed by atoms with E-state index in [-0.39, 0.29) is 5.91 Å². The van der Waals surface area contributed by atoms with Gasteiger partial charge in [0.15, 0.2) is 16.6 Å².